The van der Waals surface area contributed by atoms with Crippen LogP contribution < -0.4 is 14.8 Å². The van der Waals surface area contributed by atoms with Crippen LogP contribution in [0.1, 0.15) is 39.2 Å². The molecule has 2 N–H and O–H groups in total. The number of carboxylic acids is 1. The second kappa shape index (κ2) is 7.78. The van der Waals surface area contributed by atoms with Gasteiger partial charge in [-0.3, -0.25) is 4.79 Å². The van der Waals surface area contributed by atoms with Gasteiger partial charge in [-0.15, -0.1) is 11.3 Å². The van der Waals surface area contributed by atoms with Gasteiger partial charge in [0.1, 0.15) is 5.00 Å². The van der Waals surface area contributed by atoms with Gasteiger partial charge in [0.2, 0.25) is 5.91 Å². The molecular formula is C19H21NO5S. The lowest BCUT2D eigenvalue weighted by Gasteiger charge is -2.10. The van der Waals surface area contributed by atoms with Gasteiger partial charge in [-0.25, -0.2) is 4.79 Å². The number of methoxy groups -OCH3 is 2. The first-order chi connectivity index (χ1) is 12.5. The molecular weight excluding hydrogens is 354 g/mol. The van der Waals surface area contributed by atoms with Gasteiger partial charge in [-0.05, 0) is 48.9 Å². The number of anilines is 1. The summed E-state index contributed by atoms with van der Waals surface area (Å²) >= 11 is 1.39. The van der Waals surface area contributed by atoms with Crippen molar-refractivity contribution in [2.75, 3.05) is 19.5 Å². The smallest absolute Gasteiger partial charge is 0.339 e. The number of ether oxygens (including phenoxy) is 2. The molecule has 1 amide bonds. The van der Waals surface area contributed by atoms with Gasteiger partial charge >= 0.3 is 5.97 Å². The molecule has 1 aliphatic rings. The molecule has 0 atom stereocenters. The lowest BCUT2D eigenvalue weighted by molar-refractivity contribution is -0.116. The summed E-state index contributed by atoms with van der Waals surface area (Å²) in [6.45, 7) is 0. The number of carbonyl (C=O) groups is 2. The molecule has 138 valence electrons. The number of carbonyl (C=O) groups excluding carboxylic acids is 1. The summed E-state index contributed by atoms with van der Waals surface area (Å²) in [5.74, 6) is 0.0926. The van der Waals surface area contributed by atoms with Crippen LogP contribution in [0.15, 0.2) is 18.2 Å². The quantitative estimate of drug-likeness (QED) is 0.773. The van der Waals surface area contributed by atoms with E-state index in [1.165, 1.54) is 11.3 Å². The van der Waals surface area contributed by atoms with Crippen molar-refractivity contribution in [2.45, 2.75) is 32.1 Å². The normalized spacial score (nSPS) is 12.5. The van der Waals surface area contributed by atoms with Crippen LogP contribution in [0, 0.1) is 0 Å². The molecule has 3 rings (SSSR count). The molecule has 1 aromatic carbocycles. The van der Waals surface area contributed by atoms with Gasteiger partial charge in [-0.2, -0.15) is 0 Å². The summed E-state index contributed by atoms with van der Waals surface area (Å²) in [7, 11) is 3.14. The predicted molar refractivity (Wildman–Crippen MR) is 99.8 cm³/mol. The van der Waals surface area contributed by atoms with E-state index in [0.717, 1.165) is 35.3 Å². The molecule has 0 unspecified atom stereocenters. The van der Waals surface area contributed by atoms with Crippen molar-refractivity contribution < 1.29 is 24.2 Å². The molecule has 6 nitrogen and oxygen atoms in total. The number of aromatic carboxylic acids is 1. The minimum atomic E-state index is -0.973. The van der Waals surface area contributed by atoms with Crippen LogP contribution in [0.25, 0.3) is 0 Å². The van der Waals surface area contributed by atoms with Gasteiger partial charge in [-0.1, -0.05) is 6.07 Å². The third-order valence-corrected chi connectivity index (χ3v) is 5.68. The van der Waals surface area contributed by atoms with Gasteiger partial charge in [0, 0.05) is 11.3 Å². The van der Waals surface area contributed by atoms with E-state index in [9.17, 15) is 14.7 Å². The Morgan fingerprint density at radius 2 is 1.96 bits per heavy atom. The molecule has 0 saturated heterocycles. The molecule has 0 bridgehead atoms. The number of fused-ring (bicyclic) bond motifs is 1. The van der Waals surface area contributed by atoms with E-state index in [-0.39, 0.29) is 17.9 Å². The second-order valence-corrected chi connectivity index (χ2v) is 7.21. The van der Waals surface area contributed by atoms with Gasteiger partial charge in [0.25, 0.3) is 0 Å². The minimum Gasteiger partial charge on any atom is -0.493 e. The van der Waals surface area contributed by atoms with Crippen LogP contribution in [0.2, 0.25) is 0 Å². The Hall–Kier alpha value is -2.54. The Morgan fingerprint density at radius 3 is 2.65 bits per heavy atom. The highest BCUT2D eigenvalue weighted by molar-refractivity contribution is 7.17. The third-order valence-electron chi connectivity index (χ3n) is 4.48. The van der Waals surface area contributed by atoms with E-state index in [4.69, 9.17) is 9.47 Å². The number of hydrogen-bond acceptors (Lipinski definition) is 5. The fraction of sp³-hybridized carbons (Fsp3) is 0.368. The maximum atomic E-state index is 12.3. The first kappa shape index (κ1) is 18.3. The van der Waals surface area contributed by atoms with Crippen molar-refractivity contribution in [3.63, 3.8) is 0 Å². The van der Waals surface area contributed by atoms with Crippen LogP contribution in [-0.4, -0.2) is 31.2 Å². The monoisotopic (exact) mass is 375 g/mol. The van der Waals surface area contributed by atoms with Crippen molar-refractivity contribution in [3.05, 3.63) is 39.8 Å². The zero-order valence-corrected chi connectivity index (χ0v) is 15.6. The van der Waals surface area contributed by atoms with Crippen LogP contribution in [0.3, 0.4) is 0 Å². The highest BCUT2D eigenvalue weighted by atomic mass is 32.1. The van der Waals surface area contributed by atoms with E-state index >= 15 is 0 Å². The number of hydrogen-bond donors (Lipinski definition) is 2. The van der Waals surface area contributed by atoms with Crippen LogP contribution in [-0.2, 0) is 24.1 Å². The van der Waals surface area contributed by atoms with Crippen LogP contribution in [0.5, 0.6) is 11.5 Å². The fourth-order valence-corrected chi connectivity index (χ4v) is 4.50. The van der Waals surface area contributed by atoms with Crippen molar-refractivity contribution >= 4 is 28.2 Å². The Morgan fingerprint density at radius 1 is 1.19 bits per heavy atom. The summed E-state index contributed by atoms with van der Waals surface area (Å²) in [4.78, 5) is 25.0. The lowest BCUT2D eigenvalue weighted by Crippen LogP contribution is -2.14. The number of benzene rings is 1. The number of rotatable bonds is 7. The Kier molecular flexibility index (Phi) is 5.46. The SMILES string of the molecule is COc1ccc(CCC(=O)Nc2sc3c(c2C(=O)O)CCC3)cc1OC. The van der Waals surface area contributed by atoms with Crippen molar-refractivity contribution in [2.24, 2.45) is 0 Å². The molecule has 0 aliphatic heterocycles. The first-order valence-corrected chi connectivity index (χ1v) is 9.23. The molecule has 0 radical (unpaired) electrons. The topological polar surface area (TPSA) is 84.9 Å². The average Bonchev–Trinajstić information content (AvgIpc) is 3.19. The fourth-order valence-electron chi connectivity index (χ4n) is 3.20. The minimum absolute atomic E-state index is 0.192. The summed E-state index contributed by atoms with van der Waals surface area (Å²) in [6, 6.07) is 5.53. The molecule has 26 heavy (non-hydrogen) atoms. The summed E-state index contributed by atoms with van der Waals surface area (Å²) in [5, 5.41) is 12.7. The molecule has 2 aromatic rings. The third kappa shape index (κ3) is 3.67. The Labute approximate surface area is 155 Å². The number of thiophene rings is 1. The van der Waals surface area contributed by atoms with E-state index in [1.807, 2.05) is 12.1 Å². The zero-order valence-electron chi connectivity index (χ0n) is 14.8. The predicted octanol–water partition coefficient (Wildman–Crippen LogP) is 3.52. The molecule has 0 spiro atoms. The van der Waals surface area contributed by atoms with Gasteiger partial charge in [0.05, 0.1) is 19.8 Å². The highest BCUT2D eigenvalue weighted by Gasteiger charge is 2.27. The number of carboxylic acid groups (broad SMARTS) is 1. The van der Waals surface area contributed by atoms with Gasteiger partial charge < -0.3 is 19.9 Å². The number of amides is 1. The summed E-state index contributed by atoms with van der Waals surface area (Å²) in [6.07, 6.45) is 3.43. The number of aryl methyl sites for hydroxylation is 2. The number of nitrogens with one attached hydrogen (secondary N) is 1. The molecule has 1 heterocycles. The largest absolute Gasteiger partial charge is 0.493 e. The summed E-state index contributed by atoms with van der Waals surface area (Å²) in [5.41, 5.74) is 2.10. The standard InChI is InChI=1S/C19H21NO5S/c1-24-13-8-6-11(10-14(13)25-2)7-9-16(21)20-18-17(19(22)23)12-4-3-5-15(12)26-18/h6,8,10H,3-5,7,9H2,1-2H3,(H,20,21)(H,22,23). The molecule has 7 heteroatoms. The Bertz CT molecular complexity index is 843. The average molecular weight is 375 g/mol. The van der Waals surface area contributed by atoms with E-state index in [1.54, 1.807) is 20.3 Å². The van der Waals surface area contributed by atoms with Crippen LogP contribution in [0.4, 0.5) is 5.00 Å². The lowest BCUT2D eigenvalue weighted by atomic mass is 10.1. The molecule has 0 saturated carbocycles. The molecule has 1 aromatic heterocycles. The van der Waals surface area contributed by atoms with Crippen molar-refractivity contribution in [3.8, 4) is 11.5 Å². The highest BCUT2D eigenvalue weighted by Crippen LogP contribution is 2.39. The van der Waals surface area contributed by atoms with E-state index in [2.05, 4.69) is 5.32 Å². The zero-order chi connectivity index (χ0) is 18.7. The molecule has 1 aliphatic carbocycles. The van der Waals surface area contributed by atoms with Gasteiger partial charge in [0.15, 0.2) is 11.5 Å². The van der Waals surface area contributed by atoms with E-state index < -0.39 is 5.97 Å². The molecule has 0 fully saturated rings. The Balaban J connectivity index is 1.66. The van der Waals surface area contributed by atoms with E-state index in [0.29, 0.717) is 22.9 Å². The van der Waals surface area contributed by atoms with Crippen LogP contribution >= 0.6 is 11.3 Å². The maximum Gasteiger partial charge on any atom is 0.339 e. The van der Waals surface area contributed by atoms with Crippen molar-refractivity contribution in [1.82, 2.24) is 0 Å². The van der Waals surface area contributed by atoms with Crippen molar-refractivity contribution in [1.29, 1.82) is 0 Å². The summed E-state index contributed by atoms with van der Waals surface area (Å²) < 4.78 is 10.5. The first-order valence-electron chi connectivity index (χ1n) is 8.42. The second-order valence-electron chi connectivity index (χ2n) is 6.10. The maximum absolute atomic E-state index is 12.3.